The van der Waals surface area contributed by atoms with E-state index in [1.807, 2.05) is 4.90 Å². The number of hydrogen-bond acceptors (Lipinski definition) is 6. The van der Waals surface area contributed by atoms with Crippen molar-refractivity contribution in [1.29, 1.82) is 0 Å². The predicted molar refractivity (Wildman–Crippen MR) is 81.4 cm³/mol. The summed E-state index contributed by atoms with van der Waals surface area (Å²) < 4.78 is 42.6. The van der Waals surface area contributed by atoms with Crippen molar-refractivity contribution in [2.24, 2.45) is 5.92 Å². The molecular weight excluding hydrogens is 359 g/mol. The summed E-state index contributed by atoms with van der Waals surface area (Å²) in [6.45, 7) is 4.16. The highest BCUT2D eigenvalue weighted by molar-refractivity contribution is 5.91. The molecule has 2 atom stereocenters. The van der Waals surface area contributed by atoms with Gasteiger partial charge in [0.2, 0.25) is 5.76 Å². The highest BCUT2D eigenvalue weighted by atomic mass is 19.4. The molecule has 0 aromatic carbocycles. The van der Waals surface area contributed by atoms with E-state index in [0.29, 0.717) is 18.2 Å². The van der Waals surface area contributed by atoms with Gasteiger partial charge >= 0.3 is 12.1 Å². The maximum absolute atomic E-state index is 12.2. The standard InChI is InChI=1S/C13H19N3O3.C2HF3O2/c1-15-6-7-18-12-9-16(5-3-10(12)8-15)13(17)11-2-4-14-19-11;3-2(4,5)1(6)7/h2,4,10,12H,3,5-9H2,1H3;(H,6,7). The summed E-state index contributed by atoms with van der Waals surface area (Å²) in [5.74, 6) is -2.01. The van der Waals surface area contributed by atoms with Gasteiger partial charge < -0.3 is 24.2 Å². The van der Waals surface area contributed by atoms with Crippen molar-refractivity contribution < 1.29 is 37.1 Å². The van der Waals surface area contributed by atoms with Crippen LogP contribution in [0.15, 0.2) is 16.8 Å². The van der Waals surface area contributed by atoms with E-state index in [2.05, 4.69) is 17.1 Å². The third kappa shape index (κ3) is 5.43. The topological polar surface area (TPSA) is 96.1 Å². The molecule has 1 aromatic rings. The fourth-order valence-corrected chi connectivity index (χ4v) is 2.88. The molecule has 2 aliphatic heterocycles. The number of carboxylic acid groups (broad SMARTS) is 1. The SMILES string of the molecule is CN1CCOC2CN(C(=O)c3ccno3)CCC2C1.O=C(O)C(F)(F)F. The zero-order chi connectivity index (χ0) is 19.3. The number of alkyl halides is 3. The number of carbonyl (C=O) groups is 2. The Labute approximate surface area is 147 Å². The molecule has 0 radical (unpaired) electrons. The second-order valence-corrected chi connectivity index (χ2v) is 6.15. The van der Waals surface area contributed by atoms with Crippen LogP contribution in [0.25, 0.3) is 0 Å². The van der Waals surface area contributed by atoms with Crippen LogP contribution in [0.4, 0.5) is 13.2 Å². The van der Waals surface area contributed by atoms with Gasteiger partial charge in [-0.15, -0.1) is 0 Å². The van der Waals surface area contributed by atoms with Gasteiger partial charge in [-0.25, -0.2) is 4.79 Å². The molecule has 2 fully saturated rings. The highest BCUT2D eigenvalue weighted by Crippen LogP contribution is 2.24. The summed E-state index contributed by atoms with van der Waals surface area (Å²) in [7, 11) is 2.12. The van der Waals surface area contributed by atoms with Crippen molar-refractivity contribution >= 4 is 11.9 Å². The molecular formula is C15H20F3N3O5. The second kappa shape index (κ2) is 8.49. The van der Waals surface area contributed by atoms with E-state index in [1.165, 1.54) is 6.20 Å². The Morgan fingerprint density at radius 1 is 1.31 bits per heavy atom. The van der Waals surface area contributed by atoms with Crippen LogP contribution < -0.4 is 0 Å². The zero-order valence-corrected chi connectivity index (χ0v) is 14.1. The van der Waals surface area contributed by atoms with Gasteiger partial charge in [0, 0.05) is 38.2 Å². The van der Waals surface area contributed by atoms with Crippen LogP contribution in [-0.2, 0) is 9.53 Å². The summed E-state index contributed by atoms with van der Waals surface area (Å²) in [6, 6.07) is 1.61. The van der Waals surface area contributed by atoms with Crippen molar-refractivity contribution in [3.63, 3.8) is 0 Å². The number of hydrogen-bond donors (Lipinski definition) is 1. The molecule has 1 N–H and O–H groups in total. The van der Waals surface area contributed by atoms with Crippen LogP contribution in [0, 0.1) is 5.92 Å². The quantitative estimate of drug-likeness (QED) is 0.781. The number of aromatic nitrogens is 1. The summed E-state index contributed by atoms with van der Waals surface area (Å²) >= 11 is 0. The Bertz CT molecular complexity index is 608. The average Bonchev–Trinajstić information content (AvgIpc) is 3.03. The van der Waals surface area contributed by atoms with Crippen LogP contribution in [0.2, 0.25) is 0 Å². The number of likely N-dealkylation sites (N-methyl/N-ethyl adjacent to an activating group) is 1. The molecule has 8 nitrogen and oxygen atoms in total. The molecule has 1 amide bonds. The molecule has 1 aromatic heterocycles. The third-order valence-electron chi connectivity index (χ3n) is 4.23. The van der Waals surface area contributed by atoms with E-state index in [1.54, 1.807) is 6.07 Å². The first-order valence-corrected chi connectivity index (χ1v) is 7.98. The first-order chi connectivity index (χ1) is 12.2. The molecule has 2 saturated heterocycles. The van der Waals surface area contributed by atoms with Crippen molar-refractivity contribution in [2.75, 3.05) is 39.8 Å². The number of aliphatic carboxylic acids is 1. The Morgan fingerprint density at radius 2 is 2.00 bits per heavy atom. The van der Waals surface area contributed by atoms with Crippen LogP contribution >= 0.6 is 0 Å². The first kappa shape index (κ1) is 20.2. The van der Waals surface area contributed by atoms with Crippen LogP contribution in [0.3, 0.4) is 0 Å². The van der Waals surface area contributed by atoms with Gasteiger partial charge in [-0.1, -0.05) is 5.16 Å². The summed E-state index contributed by atoms with van der Waals surface area (Å²) in [5, 5.41) is 10.7. The van der Waals surface area contributed by atoms with E-state index < -0.39 is 12.1 Å². The summed E-state index contributed by atoms with van der Waals surface area (Å²) in [5.41, 5.74) is 0. The van der Waals surface area contributed by atoms with E-state index in [9.17, 15) is 18.0 Å². The maximum Gasteiger partial charge on any atom is 0.490 e. The van der Waals surface area contributed by atoms with Gasteiger partial charge in [-0.05, 0) is 13.5 Å². The molecule has 0 spiro atoms. The van der Waals surface area contributed by atoms with Crippen molar-refractivity contribution in [2.45, 2.75) is 18.7 Å². The number of rotatable bonds is 1. The second-order valence-electron chi connectivity index (χ2n) is 6.15. The number of nitrogens with zero attached hydrogens (tertiary/aromatic N) is 3. The lowest BCUT2D eigenvalue weighted by Gasteiger charge is -2.37. The minimum atomic E-state index is -5.08. The molecule has 3 heterocycles. The molecule has 3 rings (SSSR count). The Balaban J connectivity index is 0.000000298. The van der Waals surface area contributed by atoms with Crippen molar-refractivity contribution in [1.82, 2.24) is 15.0 Å². The van der Waals surface area contributed by atoms with E-state index in [0.717, 1.165) is 32.7 Å². The fraction of sp³-hybridized carbons (Fsp3) is 0.667. The van der Waals surface area contributed by atoms with Crippen LogP contribution in [0.1, 0.15) is 17.0 Å². The minimum Gasteiger partial charge on any atom is -0.475 e. The van der Waals surface area contributed by atoms with Crippen LogP contribution in [-0.4, -0.2) is 84.1 Å². The molecule has 0 bridgehead atoms. The van der Waals surface area contributed by atoms with Crippen LogP contribution in [0.5, 0.6) is 0 Å². The lowest BCUT2D eigenvalue weighted by molar-refractivity contribution is -0.192. The number of fused-ring (bicyclic) bond motifs is 1. The van der Waals surface area contributed by atoms with Gasteiger partial charge in [-0.3, -0.25) is 4.79 Å². The molecule has 0 aliphatic carbocycles. The zero-order valence-electron chi connectivity index (χ0n) is 14.1. The van der Waals surface area contributed by atoms with E-state index in [-0.39, 0.29) is 12.0 Å². The number of amides is 1. The molecule has 11 heteroatoms. The highest BCUT2D eigenvalue weighted by Gasteiger charge is 2.38. The normalized spacial score (nSPS) is 24.1. The molecule has 26 heavy (non-hydrogen) atoms. The number of halogens is 3. The number of likely N-dealkylation sites (tertiary alicyclic amines) is 1. The summed E-state index contributed by atoms with van der Waals surface area (Å²) in [6.07, 6.45) is -2.46. The van der Waals surface area contributed by atoms with Gasteiger partial charge in [0.1, 0.15) is 0 Å². The fourth-order valence-electron chi connectivity index (χ4n) is 2.88. The lowest BCUT2D eigenvalue weighted by Crippen LogP contribution is -2.48. The Morgan fingerprint density at radius 3 is 2.58 bits per heavy atom. The number of carbonyl (C=O) groups excluding carboxylic acids is 1. The smallest absolute Gasteiger partial charge is 0.475 e. The number of ether oxygens (including phenoxy) is 1. The predicted octanol–water partition coefficient (Wildman–Crippen LogP) is 1.10. The Kier molecular flexibility index (Phi) is 6.59. The Hall–Kier alpha value is -2.14. The third-order valence-corrected chi connectivity index (χ3v) is 4.23. The first-order valence-electron chi connectivity index (χ1n) is 7.98. The van der Waals surface area contributed by atoms with Crippen molar-refractivity contribution in [3.05, 3.63) is 18.0 Å². The van der Waals surface area contributed by atoms with Gasteiger partial charge in [-0.2, -0.15) is 13.2 Å². The largest absolute Gasteiger partial charge is 0.490 e. The molecule has 0 saturated carbocycles. The minimum absolute atomic E-state index is 0.0860. The van der Waals surface area contributed by atoms with E-state index >= 15 is 0 Å². The molecule has 2 unspecified atom stereocenters. The molecule has 146 valence electrons. The maximum atomic E-state index is 12.2. The number of piperidine rings is 1. The van der Waals surface area contributed by atoms with Crippen molar-refractivity contribution in [3.8, 4) is 0 Å². The van der Waals surface area contributed by atoms with Gasteiger partial charge in [0.05, 0.1) is 18.9 Å². The summed E-state index contributed by atoms with van der Waals surface area (Å²) in [4.78, 5) is 25.2. The monoisotopic (exact) mass is 379 g/mol. The molecule has 2 aliphatic rings. The average molecular weight is 379 g/mol. The number of carboxylic acids is 1. The van der Waals surface area contributed by atoms with Gasteiger partial charge in [0.25, 0.3) is 5.91 Å². The van der Waals surface area contributed by atoms with Gasteiger partial charge in [0.15, 0.2) is 0 Å². The lowest BCUT2D eigenvalue weighted by atomic mass is 9.93. The van der Waals surface area contributed by atoms with E-state index in [4.69, 9.17) is 19.2 Å².